The van der Waals surface area contributed by atoms with Crippen molar-refractivity contribution < 1.29 is 23.5 Å². The van der Waals surface area contributed by atoms with E-state index in [0.717, 1.165) is 0 Å². The first-order valence-electron chi connectivity index (χ1n) is 6.40. The molecule has 0 bridgehead atoms. The maximum atomic E-state index is 14.2. The van der Waals surface area contributed by atoms with Crippen molar-refractivity contribution in [3.05, 3.63) is 59.2 Å². The van der Waals surface area contributed by atoms with Gasteiger partial charge in [0.1, 0.15) is 0 Å². The molecule has 114 valence electrons. The van der Waals surface area contributed by atoms with Crippen LogP contribution in [0.5, 0.6) is 0 Å². The van der Waals surface area contributed by atoms with E-state index < -0.39 is 11.9 Å². The van der Waals surface area contributed by atoms with E-state index in [2.05, 4.69) is 5.73 Å². The molecule has 4 nitrogen and oxygen atoms in total. The SMILES string of the molecule is NC=O.O=C(O)Cc1ccc2c(c1)-c1ccccc1C2(F)F. The average Bonchev–Trinajstić information content (AvgIpc) is 2.68. The summed E-state index contributed by atoms with van der Waals surface area (Å²) < 4.78 is 28.4. The third kappa shape index (κ3) is 2.67. The number of carbonyl (C=O) groups excluding carboxylic acids is 1. The van der Waals surface area contributed by atoms with Gasteiger partial charge in [-0.1, -0.05) is 42.5 Å². The number of carboxylic acids is 1. The van der Waals surface area contributed by atoms with Crippen molar-refractivity contribution >= 4 is 12.4 Å². The van der Waals surface area contributed by atoms with Crippen LogP contribution >= 0.6 is 0 Å². The molecule has 0 heterocycles. The first-order valence-corrected chi connectivity index (χ1v) is 6.40. The molecule has 3 rings (SSSR count). The number of carbonyl (C=O) groups is 2. The van der Waals surface area contributed by atoms with E-state index in [4.69, 9.17) is 9.90 Å². The highest BCUT2D eigenvalue weighted by Gasteiger charge is 2.43. The van der Waals surface area contributed by atoms with E-state index in [9.17, 15) is 13.6 Å². The minimum absolute atomic E-state index is 0.0162. The number of primary amides is 1. The second-order valence-electron chi connectivity index (χ2n) is 4.71. The van der Waals surface area contributed by atoms with Crippen molar-refractivity contribution in [2.45, 2.75) is 12.3 Å². The lowest BCUT2D eigenvalue weighted by molar-refractivity contribution is -0.136. The van der Waals surface area contributed by atoms with Crippen LogP contribution in [0.25, 0.3) is 11.1 Å². The Kier molecular flexibility index (Phi) is 4.21. The summed E-state index contributed by atoms with van der Waals surface area (Å²) >= 11 is 0. The molecule has 3 N–H and O–H groups in total. The highest BCUT2D eigenvalue weighted by atomic mass is 19.3. The largest absolute Gasteiger partial charge is 0.481 e. The zero-order valence-electron chi connectivity index (χ0n) is 11.4. The van der Waals surface area contributed by atoms with Crippen molar-refractivity contribution in [2.24, 2.45) is 5.73 Å². The van der Waals surface area contributed by atoms with Gasteiger partial charge >= 0.3 is 5.97 Å². The molecule has 2 aromatic rings. The molecule has 6 heteroatoms. The number of hydrogen-bond acceptors (Lipinski definition) is 2. The normalized spacial score (nSPS) is 13.4. The third-order valence-corrected chi connectivity index (χ3v) is 3.33. The van der Waals surface area contributed by atoms with Gasteiger partial charge in [-0.05, 0) is 16.7 Å². The van der Waals surface area contributed by atoms with Gasteiger partial charge in [0.05, 0.1) is 6.42 Å². The molecule has 0 saturated heterocycles. The van der Waals surface area contributed by atoms with Crippen LogP contribution in [0, 0.1) is 0 Å². The molecular weight excluding hydrogens is 292 g/mol. The fourth-order valence-electron chi connectivity index (χ4n) is 2.51. The Morgan fingerprint density at radius 2 is 1.73 bits per heavy atom. The van der Waals surface area contributed by atoms with Crippen molar-refractivity contribution in [2.75, 3.05) is 0 Å². The predicted octanol–water partition coefficient (Wildman–Crippen LogP) is 2.54. The monoisotopic (exact) mass is 305 g/mol. The molecule has 2 aromatic carbocycles. The van der Waals surface area contributed by atoms with Crippen LogP contribution in [0.1, 0.15) is 16.7 Å². The number of nitrogens with two attached hydrogens (primary N) is 1. The minimum atomic E-state index is -3.01. The maximum absolute atomic E-state index is 14.2. The van der Waals surface area contributed by atoms with Crippen LogP contribution in [0.2, 0.25) is 0 Å². The Hall–Kier alpha value is -2.76. The Bertz CT molecular complexity index is 729. The van der Waals surface area contributed by atoms with E-state index in [1.165, 1.54) is 18.2 Å². The quantitative estimate of drug-likeness (QED) is 0.837. The molecule has 0 fully saturated rings. The summed E-state index contributed by atoms with van der Waals surface area (Å²) in [5, 5.41) is 8.77. The lowest BCUT2D eigenvalue weighted by Gasteiger charge is -2.11. The van der Waals surface area contributed by atoms with Gasteiger partial charge in [-0.2, -0.15) is 8.78 Å². The van der Waals surface area contributed by atoms with Crippen LogP contribution in [0.15, 0.2) is 42.5 Å². The molecule has 0 saturated carbocycles. The molecule has 0 aliphatic heterocycles. The zero-order chi connectivity index (χ0) is 16.3. The molecule has 0 aromatic heterocycles. The Labute approximate surface area is 125 Å². The lowest BCUT2D eigenvalue weighted by Crippen LogP contribution is -2.10. The summed E-state index contributed by atoms with van der Waals surface area (Å²) in [4.78, 5) is 19.3. The average molecular weight is 305 g/mol. The Morgan fingerprint density at radius 3 is 2.36 bits per heavy atom. The highest BCUT2D eigenvalue weighted by molar-refractivity contribution is 5.81. The summed E-state index contributed by atoms with van der Waals surface area (Å²) in [6.07, 6.45) is 0.0843. The highest BCUT2D eigenvalue weighted by Crippen LogP contribution is 2.50. The molecular formula is C16H13F2NO3. The number of carboxylic acid groups (broad SMARTS) is 1. The van der Waals surface area contributed by atoms with Gasteiger partial charge in [0, 0.05) is 11.1 Å². The zero-order valence-corrected chi connectivity index (χ0v) is 11.4. The van der Waals surface area contributed by atoms with Gasteiger partial charge in [-0.3, -0.25) is 9.59 Å². The van der Waals surface area contributed by atoms with Crippen molar-refractivity contribution in [1.29, 1.82) is 0 Å². The standard InChI is InChI=1S/C15H10F2O2.CH3NO/c16-15(17)12-4-2-1-3-10(12)11-7-9(8-14(18)19)5-6-13(11)15;2-1-3/h1-7H,8H2,(H,18,19);1H,(H2,2,3). The van der Waals surface area contributed by atoms with Crippen molar-refractivity contribution in [3.63, 3.8) is 0 Å². The number of rotatable bonds is 2. The van der Waals surface area contributed by atoms with E-state index in [1.54, 1.807) is 24.3 Å². The summed E-state index contributed by atoms with van der Waals surface area (Å²) in [5.74, 6) is -3.98. The Morgan fingerprint density at radius 1 is 1.14 bits per heavy atom. The number of halogens is 2. The van der Waals surface area contributed by atoms with E-state index in [1.807, 2.05) is 0 Å². The smallest absolute Gasteiger partial charge is 0.307 e. The molecule has 1 aliphatic rings. The summed E-state index contributed by atoms with van der Waals surface area (Å²) in [7, 11) is 0. The summed E-state index contributed by atoms with van der Waals surface area (Å²) in [6, 6.07) is 10.7. The Balaban J connectivity index is 0.000000545. The van der Waals surface area contributed by atoms with Crippen LogP contribution < -0.4 is 5.73 Å². The molecule has 1 aliphatic carbocycles. The molecule has 22 heavy (non-hydrogen) atoms. The number of hydrogen-bond donors (Lipinski definition) is 2. The second-order valence-corrected chi connectivity index (χ2v) is 4.71. The second kappa shape index (κ2) is 5.93. The predicted molar refractivity (Wildman–Crippen MR) is 76.5 cm³/mol. The van der Waals surface area contributed by atoms with Gasteiger partial charge in [-0.15, -0.1) is 0 Å². The third-order valence-electron chi connectivity index (χ3n) is 3.33. The van der Waals surface area contributed by atoms with Crippen LogP contribution in [0.3, 0.4) is 0 Å². The molecule has 0 unspecified atom stereocenters. The molecule has 1 amide bonds. The van der Waals surface area contributed by atoms with E-state index in [0.29, 0.717) is 16.7 Å². The fourth-order valence-corrected chi connectivity index (χ4v) is 2.51. The number of aliphatic carboxylic acids is 1. The van der Waals surface area contributed by atoms with E-state index in [-0.39, 0.29) is 24.0 Å². The van der Waals surface area contributed by atoms with E-state index >= 15 is 0 Å². The number of benzene rings is 2. The summed E-state index contributed by atoms with van der Waals surface area (Å²) in [6.45, 7) is 0. The number of fused-ring (bicyclic) bond motifs is 3. The topological polar surface area (TPSA) is 80.4 Å². The van der Waals surface area contributed by atoms with Crippen LogP contribution in [-0.2, 0) is 21.9 Å². The van der Waals surface area contributed by atoms with Gasteiger partial charge in [0.2, 0.25) is 6.41 Å². The molecule has 0 radical (unpaired) electrons. The van der Waals surface area contributed by atoms with Crippen LogP contribution in [-0.4, -0.2) is 17.5 Å². The maximum Gasteiger partial charge on any atom is 0.307 e. The van der Waals surface area contributed by atoms with Gasteiger partial charge in [-0.25, -0.2) is 0 Å². The lowest BCUT2D eigenvalue weighted by atomic mass is 10.0. The molecule has 0 atom stereocenters. The molecule has 0 spiro atoms. The van der Waals surface area contributed by atoms with Crippen LogP contribution in [0.4, 0.5) is 8.78 Å². The number of amides is 1. The van der Waals surface area contributed by atoms with Gasteiger partial charge in [0.15, 0.2) is 0 Å². The van der Waals surface area contributed by atoms with Gasteiger partial charge < -0.3 is 10.8 Å². The summed E-state index contributed by atoms with van der Waals surface area (Å²) in [5.41, 5.74) is 5.54. The minimum Gasteiger partial charge on any atom is -0.481 e. The van der Waals surface area contributed by atoms with Crippen molar-refractivity contribution in [1.82, 2.24) is 0 Å². The first-order chi connectivity index (χ1) is 10.4. The van der Waals surface area contributed by atoms with Gasteiger partial charge in [0.25, 0.3) is 5.92 Å². The first kappa shape index (κ1) is 15.6. The van der Waals surface area contributed by atoms with Crippen molar-refractivity contribution in [3.8, 4) is 11.1 Å². The number of alkyl halides is 2. The fraction of sp³-hybridized carbons (Fsp3) is 0.125.